The Morgan fingerprint density at radius 3 is 2.77 bits per heavy atom. The third kappa shape index (κ3) is 4.59. The topological polar surface area (TPSA) is 106 Å². The molecule has 0 saturated heterocycles. The number of carbonyl (C=O) groups is 2. The van der Waals surface area contributed by atoms with Crippen molar-refractivity contribution in [3.63, 3.8) is 0 Å². The molecule has 8 heteroatoms. The summed E-state index contributed by atoms with van der Waals surface area (Å²) in [7, 11) is 0. The summed E-state index contributed by atoms with van der Waals surface area (Å²) < 4.78 is 11.7. The summed E-state index contributed by atoms with van der Waals surface area (Å²) in [6.07, 6.45) is 0.172. The smallest absolute Gasteiger partial charge is 0.336 e. The third-order valence-electron chi connectivity index (χ3n) is 4.91. The Labute approximate surface area is 180 Å². The number of carbonyl (C=O) groups excluding carboxylic acids is 1. The van der Waals surface area contributed by atoms with Gasteiger partial charge in [-0.2, -0.15) is 0 Å². The van der Waals surface area contributed by atoms with Gasteiger partial charge in [0, 0.05) is 28.6 Å². The predicted octanol–water partition coefficient (Wildman–Crippen LogP) is 3.51. The van der Waals surface area contributed by atoms with Crippen molar-refractivity contribution in [2.75, 3.05) is 6.61 Å². The van der Waals surface area contributed by atoms with Crippen LogP contribution < -0.4 is 15.7 Å². The van der Waals surface area contributed by atoms with Gasteiger partial charge in [0.05, 0.1) is 0 Å². The number of nitrogens with one attached hydrogen (secondary N) is 1. The molecule has 0 aliphatic rings. The fraction of sp³-hybridized carbons (Fsp3) is 0.174. The van der Waals surface area contributed by atoms with Crippen LogP contribution in [-0.2, 0) is 16.0 Å². The molecule has 0 fully saturated rings. The predicted molar refractivity (Wildman–Crippen MR) is 118 cm³/mol. The molecule has 4 rings (SSSR count). The van der Waals surface area contributed by atoms with E-state index < -0.39 is 23.5 Å². The Kier molecular flexibility index (Phi) is 5.73. The van der Waals surface area contributed by atoms with E-state index in [4.69, 9.17) is 9.15 Å². The van der Waals surface area contributed by atoms with Crippen molar-refractivity contribution in [1.29, 1.82) is 0 Å². The summed E-state index contributed by atoms with van der Waals surface area (Å²) >= 11 is 1.54. The second-order valence-corrected chi connectivity index (χ2v) is 8.03. The highest BCUT2D eigenvalue weighted by Gasteiger charge is 2.22. The molecule has 2 heterocycles. The standard InChI is InChI=1S/C23H19NO6S/c1-13-8-22(26)30-19-10-15(6-7-16(13)19)29-11-21(25)24-18(23(27)28)9-14-12-31-20-5-3-2-4-17(14)20/h2-8,10,12,18H,9,11H2,1H3,(H,24,25)(H,27,28)/t18-/m0/s1. The fourth-order valence-electron chi connectivity index (χ4n) is 3.39. The molecule has 0 saturated carbocycles. The number of thiophene rings is 1. The molecular formula is C23H19NO6S. The van der Waals surface area contributed by atoms with Crippen LogP contribution in [-0.4, -0.2) is 29.6 Å². The summed E-state index contributed by atoms with van der Waals surface area (Å²) in [5, 5.41) is 15.7. The quantitative estimate of drug-likeness (QED) is 0.429. The van der Waals surface area contributed by atoms with Crippen LogP contribution in [0.2, 0.25) is 0 Å². The summed E-state index contributed by atoms with van der Waals surface area (Å²) in [5.74, 6) is -1.34. The first-order valence-corrected chi connectivity index (χ1v) is 10.4. The summed E-state index contributed by atoms with van der Waals surface area (Å²) in [6.45, 7) is 1.44. The van der Waals surface area contributed by atoms with Gasteiger partial charge in [-0.25, -0.2) is 9.59 Å². The van der Waals surface area contributed by atoms with Crippen LogP contribution >= 0.6 is 11.3 Å². The largest absolute Gasteiger partial charge is 0.484 e. The lowest BCUT2D eigenvalue weighted by Crippen LogP contribution is -2.44. The first-order chi connectivity index (χ1) is 14.9. The first kappa shape index (κ1) is 20.6. The molecule has 0 spiro atoms. The number of aliphatic carboxylic acids is 1. The number of aryl methyl sites for hydroxylation is 1. The van der Waals surface area contributed by atoms with Crippen molar-refractivity contribution in [3.8, 4) is 5.75 Å². The van der Waals surface area contributed by atoms with Crippen molar-refractivity contribution in [2.24, 2.45) is 0 Å². The van der Waals surface area contributed by atoms with E-state index in [1.807, 2.05) is 29.6 Å². The van der Waals surface area contributed by atoms with Gasteiger partial charge < -0.3 is 19.6 Å². The normalized spacial score (nSPS) is 12.0. The highest BCUT2D eigenvalue weighted by atomic mass is 32.1. The molecule has 0 unspecified atom stereocenters. The molecule has 2 aromatic heterocycles. The minimum atomic E-state index is -1.12. The van der Waals surface area contributed by atoms with Crippen LogP contribution in [0.5, 0.6) is 5.75 Å². The molecule has 2 N–H and O–H groups in total. The highest BCUT2D eigenvalue weighted by Crippen LogP contribution is 2.26. The molecule has 2 aromatic carbocycles. The molecule has 1 atom stereocenters. The van der Waals surface area contributed by atoms with Gasteiger partial charge in [-0.15, -0.1) is 11.3 Å². The lowest BCUT2D eigenvalue weighted by molar-refractivity contribution is -0.142. The zero-order valence-electron chi connectivity index (χ0n) is 16.6. The van der Waals surface area contributed by atoms with E-state index in [0.717, 1.165) is 26.6 Å². The van der Waals surface area contributed by atoms with Gasteiger partial charge >= 0.3 is 11.6 Å². The van der Waals surface area contributed by atoms with E-state index in [1.165, 1.54) is 23.5 Å². The van der Waals surface area contributed by atoms with Crippen molar-refractivity contribution >= 4 is 44.3 Å². The van der Waals surface area contributed by atoms with Crippen molar-refractivity contribution in [3.05, 3.63) is 75.5 Å². The molecule has 0 bridgehead atoms. The summed E-state index contributed by atoms with van der Waals surface area (Å²) in [4.78, 5) is 35.6. The molecule has 0 aliphatic carbocycles. The van der Waals surface area contributed by atoms with E-state index >= 15 is 0 Å². The Morgan fingerprint density at radius 2 is 1.97 bits per heavy atom. The number of hydrogen-bond donors (Lipinski definition) is 2. The average molecular weight is 437 g/mol. The monoisotopic (exact) mass is 437 g/mol. The van der Waals surface area contributed by atoms with Gasteiger partial charge in [-0.3, -0.25) is 4.79 Å². The van der Waals surface area contributed by atoms with E-state index in [0.29, 0.717) is 11.3 Å². The second-order valence-electron chi connectivity index (χ2n) is 7.11. The number of ether oxygens (including phenoxy) is 1. The fourth-order valence-corrected chi connectivity index (χ4v) is 4.37. The maximum atomic E-state index is 12.3. The van der Waals surface area contributed by atoms with Crippen LogP contribution in [0.15, 0.2) is 63.1 Å². The SMILES string of the molecule is Cc1cc(=O)oc2cc(OCC(=O)N[C@@H](Cc3csc4ccccc34)C(=O)O)ccc12. The van der Waals surface area contributed by atoms with E-state index in [9.17, 15) is 19.5 Å². The van der Waals surface area contributed by atoms with Gasteiger partial charge in [0.25, 0.3) is 5.91 Å². The molecule has 31 heavy (non-hydrogen) atoms. The van der Waals surface area contributed by atoms with E-state index in [1.54, 1.807) is 19.1 Å². The number of benzene rings is 2. The molecule has 0 aliphatic heterocycles. The minimum absolute atomic E-state index is 0.172. The Bertz CT molecular complexity index is 1340. The minimum Gasteiger partial charge on any atom is -0.484 e. The first-order valence-electron chi connectivity index (χ1n) is 9.55. The number of amides is 1. The molecule has 1 amide bonds. The number of fused-ring (bicyclic) bond motifs is 2. The zero-order chi connectivity index (χ0) is 22.0. The van der Waals surface area contributed by atoms with Gasteiger partial charge in [-0.05, 0) is 47.0 Å². The third-order valence-corrected chi connectivity index (χ3v) is 5.92. The molecule has 7 nitrogen and oxygen atoms in total. The molecule has 158 valence electrons. The molecular weight excluding hydrogens is 418 g/mol. The van der Waals surface area contributed by atoms with Crippen LogP contribution in [0.3, 0.4) is 0 Å². The maximum absolute atomic E-state index is 12.3. The molecule has 0 radical (unpaired) electrons. The maximum Gasteiger partial charge on any atom is 0.336 e. The number of hydrogen-bond acceptors (Lipinski definition) is 6. The van der Waals surface area contributed by atoms with Crippen molar-refractivity contribution in [1.82, 2.24) is 5.32 Å². The Hall–Kier alpha value is -3.65. The van der Waals surface area contributed by atoms with E-state index in [-0.39, 0.29) is 13.0 Å². The van der Waals surface area contributed by atoms with Gasteiger partial charge in [0.2, 0.25) is 0 Å². The van der Waals surface area contributed by atoms with Crippen LogP contribution in [0.1, 0.15) is 11.1 Å². The van der Waals surface area contributed by atoms with Crippen molar-refractivity contribution < 1.29 is 23.8 Å². The Balaban J connectivity index is 1.42. The zero-order valence-corrected chi connectivity index (χ0v) is 17.4. The lowest BCUT2D eigenvalue weighted by atomic mass is 10.1. The van der Waals surface area contributed by atoms with Gasteiger partial charge in [-0.1, -0.05) is 18.2 Å². The number of carboxylic acids is 1. The average Bonchev–Trinajstić information content (AvgIpc) is 3.14. The van der Waals surface area contributed by atoms with E-state index in [2.05, 4.69) is 5.32 Å². The van der Waals surface area contributed by atoms with Crippen molar-refractivity contribution in [2.45, 2.75) is 19.4 Å². The summed E-state index contributed by atoms with van der Waals surface area (Å²) in [5.41, 5.74) is 1.54. The Morgan fingerprint density at radius 1 is 1.16 bits per heavy atom. The lowest BCUT2D eigenvalue weighted by Gasteiger charge is -2.15. The number of carboxylic acid groups (broad SMARTS) is 1. The number of rotatable bonds is 7. The van der Waals surface area contributed by atoms with Gasteiger partial charge in [0.1, 0.15) is 17.4 Å². The second kappa shape index (κ2) is 8.61. The van der Waals surface area contributed by atoms with Crippen LogP contribution in [0, 0.1) is 6.92 Å². The van der Waals surface area contributed by atoms with Crippen LogP contribution in [0.25, 0.3) is 21.1 Å². The highest BCUT2D eigenvalue weighted by molar-refractivity contribution is 7.17. The van der Waals surface area contributed by atoms with Gasteiger partial charge in [0.15, 0.2) is 6.61 Å². The summed E-state index contributed by atoms with van der Waals surface area (Å²) in [6, 6.07) is 13.0. The van der Waals surface area contributed by atoms with Crippen LogP contribution in [0.4, 0.5) is 0 Å². The molecule has 4 aromatic rings.